The molecule has 0 heterocycles. The molecule has 0 aliphatic rings. The monoisotopic (exact) mass is 250 g/mol. The molecule has 1 rings (SSSR count). The molecule has 0 spiro atoms. The summed E-state index contributed by atoms with van der Waals surface area (Å²) in [7, 11) is 0. The van der Waals surface area contributed by atoms with Crippen LogP contribution in [-0.4, -0.2) is 28.8 Å². The summed E-state index contributed by atoms with van der Waals surface area (Å²) in [6.45, 7) is 2.02. The van der Waals surface area contributed by atoms with E-state index in [1.165, 1.54) is 30.4 Å². The van der Waals surface area contributed by atoms with Crippen molar-refractivity contribution in [3.8, 4) is 5.75 Å². The van der Waals surface area contributed by atoms with E-state index < -0.39 is 5.97 Å². The minimum atomic E-state index is -1.07. The van der Waals surface area contributed by atoms with Crippen LogP contribution in [0.1, 0.15) is 29.3 Å². The lowest BCUT2D eigenvalue weighted by molar-refractivity contribution is -0.142. The molecule has 0 bridgehead atoms. The molecule has 0 saturated carbocycles. The summed E-state index contributed by atoms with van der Waals surface area (Å²) in [6, 6.07) is 3.94. The molecule has 0 aromatic heterocycles. The number of phenolic OH excluding ortho intramolecular Hbond substituents is 1. The molecular weight excluding hydrogens is 236 g/mol. The van der Waals surface area contributed by atoms with Gasteiger partial charge in [-0.3, -0.25) is 4.79 Å². The van der Waals surface area contributed by atoms with E-state index in [1.54, 1.807) is 6.92 Å². The Hall–Kier alpha value is -2.30. The topological polar surface area (TPSA) is 83.8 Å². The van der Waals surface area contributed by atoms with Crippen molar-refractivity contribution < 1.29 is 24.5 Å². The standard InChI is InChI=1S/C13H14O5/c1-2-18-12(15)5-3-4-9-8-10(13(16)17)6-7-11(9)14/h3-4,6-8,14H,2,5H2,1H3,(H,16,17). The van der Waals surface area contributed by atoms with Crippen molar-refractivity contribution in [1.82, 2.24) is 0 Å². The van der Waals surface area contributed by atoms with Crippen LogP contribution in [0.15, 0.2) is 24.3 Å². The zero-order chi connectivity index (χ0) is 13.5. The largest absolute Gasteiger partial charge is 0.507 e. The van der Waals surface area contributed by atoms with E-state index in [4.69, 9.17) is 9.84 Å². The number of aromatic carboxylic acids is 1. The Morgan fingerprint density at radius 2 is 2.11 bits per heavy atom. The fourth-order valence-electron chi connectivity index (χ4n) is 1.32. The second-order valence-corrected chi connectivity index (χ2v) is 3.49. The Balaban J connectivity index is 2.77. The first-order valence-electron chi connectivity index (χ1n) is 5.43. The first kappa shape index (κ1) is 13.8. The maximum absolute atomic E-state index is 11.1. The fourth-order valence-corrected chi connectivity index (χ4v) is 1.32. The summed E-state index contributed by atoms with van der Waals surface area (Å²) in [6.07, 6.45) is 3.07. The van der Waals surface area contributed by atoms with E-state index in [-0.39, 0.29) is 23.7 Å². The van der Waals surface area contributed by atoms with Gasteiger partial charge in [-0.15, -0.1) is 0 Å². The molecule has 0 aliphatic carbocycles. The van der Waals surface area contributed by atoms with Crippen LogP contribution >= 0.6 is 0 Å². The van der Waals surface area contributed by atoms with Gasteiger partial charge in [0, 0.05) is 5.56 Å². The van der Waals surface area contributed by atoms with Gasteiger partial charge in [0.1, 0.15) is 5.75 Å². The van der Waals surface area contributed by atoms with Crippen LogP contribution in [0.3, 0.4) is 0 Å². The minimum Gasteiger partial charge on any atom is -0.507 e. The zero-order valence-electron chi connectivity index (χ0n) is 9.92. The summed E-state index contributed by atoms with van der Waals surface area (Å²) in [5.74, 6) is -1.49. The average Bonchev–Trinajstić information content (AvgIpc) is 2.31. The van der Waals surface area contributed by atoms with E-state index in [2.05, 4.69) is 0 Å². The number of carboxylic acid groups (broad SMARTS) is 1. The molecule has 1 aromatic carbocycles. The molecule has 0 radical (unpaired) electrons. The number of rotatable bonds is 5. The zero-order valence-corrected chi connectivity index (χ0v) is 9.92. The van der Waals surface area contributed by atoms with Gasteiger partial charge in [-0.05, 0) is 25.1 Å². The summed E-state index contributed by atoms with van der Waals surface area (Å²) < 4.78 is 4.73. The first-order valence-corrected chi connectivity index (χ1v) is 5.43. The lowest BCUT2D eigenvalue weighted by Crippen LogP contribution is -2.01. The molecule has 5 nitrogen and oxygen atoms in total. The van der Waals surface area contributed by atoms with Gasteiger partial charge in [0.05, 0.1) is 18.6 Å². The number of aromatic hydroxyl groups is 1. The van der Waals surface area contributed by atoms with Gasteiger partial charge in [-0.2, -0.15) is 0 Å². The number of carbonyl (C=O) groups is 2. The number of hydrogen-bond acceptors (Lipinski definition) is 4. The molecule has 2 N–H and O–H groups in total. The highest BCUT2D eigenvalue weighted by atomic mass is 16.5. The van der Waals surface area contributed by atoms with E-state index in [0.717, 1.165) is 0 Å². The van der Waals surface area contributed by atoms with Gasteiger partial charge >= 0.3 is 11.9 Å². The number of carbonyl (C=O) groups excluding carboxylic acids is 1. The van der Waals surface area contributed by atoms with Crippen molar-refractivity contribution in [2.45, 2.75) is 13.3 Å². The Morgan fingerprint density at radius 1 is 1.39 bits per heavy atom. The summed E-state index contributed by atoms with van der Waals surface area (Å²) >= 11 is 0. The first-order chi connectivity index (χ1) is 8.54. The Bertz CT molecular complexity index is 476. The quantitative estimate of drug-likeness (QED) is 0.781. The minimum absolute atomic E-state index is 0.0416. The second-order valence-electron chi connectivity index (χ2n) is 3.49. The van der Waals surface area contributed by atoms with Gasteiger partial charge in [0.25, 0.3) is 0 Å². The normalized spacial score (nSPS) is 10.5. The van der Waals surface area contributed by atoms with Crippen LogP contribution in [0.5, 0.6) is 5.75 Å². The Morgan fingerprint density at radius 3 is 2.72 bits per heavy atom. The van der Waals surface area contributed by atoms with E-state index in [0.29, 0.717) is 12.2 Å². The summed E-state index contributed by atoms with van der Waals surface area (Å²) in [4.78, 5) is 21.8. The highest BCUT2D eigenvalue weighted by Gasteiger charge is 2.06. The van der Waals surface area contributed by atoms with E-state index >= 15 is 0 Å². The molecule has 0 fully saturated rings. The van der Waals surface area contributed by atoms with Gasteiger partial charge in [0.15, 0.2) is 0 Å². The third kappa shape index (κ3) is 3.93. The number of esters is 1. The van der Waals surface area contributed by atoms with Crippen LogP contribution in [-0.2, 0) is 9.53 Å². The fraction of sp³-hybridized carbons (Fsp3) is 0.231. The lowest BCUT2D eigenvalue weighted by atomic mass is 10.1. The number of ether oxygens (including phenoxy) is 1. The van der Waals surface area contributed by atoms with Gasteiger partial charge < -0.3 is 14.9 Å². The molecule has 1 aromatic rings. The van der Waals surface area contributed by atoms with Gasteiger partial charge in [-0.1, -0.05) is 12.2 Å². The van der Waals surface area contributed by atoms with E-state index in [1.807, 2.05) is 0 Å². The van der Waals surface area contributed by atoms with E-state index in [9.17, 15) is 14.7 Å². The SMILES string of the molecule is CCOC(=O)CC=Cc1cc(C(=O)O)ccc1O. The van der Waals surface area contributed by atoms with Crippen molar-refractivity contribution in [1.29, 1.82) is 0 Å². The molecule has 18 heavy (non-hydrogen) atoms. The summed E-state index contributed by atoms with van der Waals surface area (Å²) in [5.41, 5.74) is 0.419. The van der Waals surface area contributed by atoms with Crippen LogP contribution in [0, 0.1) is 0 Å². The Kier molecular flexibility index (Phi) is 4.92. The van der Waals surface area contributed by atoms with Crippen LogP contribution in [0.2, 0.25) is 0 Å². The van der Waals surface area contributed by atoms with Crippen molar-refractivity contribution in [2.75, 3.05) is 6.61 Å². The molecule has 96 valence electrons. The highest BCUT2D eigenvalue weighted by molar-refractivity contribution is 5.89. The third-order valence-electron chi connectivity index (χ3n) is 2.16. The molecular formula is C13H14O5. The lowest BCUT2D eigenvalue weighted by Gasteiger charge is -2.01. The highest BCUT2D eigenvalue weighted by Crippen LogP contribution is 2.20. The third-order valence-corrected chi connectivity index (χ3v) is 2.16. The van der Waals surface area contributed by atoms with Crippen LogP contribution in [0.4, 0.5) is 0 Å². The average molecular weight is 250 g/mol. The molecule has 0 unspecified atom stereocenters. The van der Waals surface area contributed by atoms with Crippen molar-refractivity contribution in [3.05, 3.63) is 35.4 Å². The predicted octanol–water partition coefficient (Wildman–Crippen LogP) is 2.06. The Labute approximate surface area is 104 Å². The number of carboxylic acids is 1. The van der Waals surface area contributed by atoms with Gasteiger partial charge in [0.2, 0.25) is 0 Å². The van der Waals surface area contributed by atoms with Crippen LogP contribution in [0.25, 0.3) is 6.08 Å². The maximum atomic E-state index is 11.1. The molecule has 0 aliphatic heterocycles. The number of hydrogen-bond donors (Lipinski definition) is 2. The van der Waals surface area contributed by atoms with Gasteiger partial charge in [-0.25, -0.2) is 4.79 Å². The van der Waals surface area contributed by atoms with Crippen molar-refractivity contribution >= 4 is 18.0 Å². The molecule has 0 amide bonds. The van der Waals surface area contributed by atoms with Crippen molar-refractivity contribution in [3.63, 3.8) is 0 Å². The second kappa shape index (κ2) is 6.44. The molecule has 0 atom stereocenters. The molecule has 0 saturated heterocycles. The van der Waals surface area contributed by atoms with Crippen LogP contribution < -0.4 is 0 Å². The molecule has 5 heteroatoms. The number of phenols is 1. The summed E-state index contributed by atoms with van der Waals surface area (Å²) in [5, 5.41) is 18.3. The number of benzene rings is 1. The van der Waals surface area contributed by atoms with Crippen molar-refractivity contribution in [2.24, 2.45) is 0 Å². The maximum Gasteiger partial charge on any atom is 0.335 e. The predicted molar refractivity (Wildman–Crippen MR) is 65.4 cm³/mol. The smallest absolute Gasteiger partial charge is 0.335 e.